The van der Waals surface area contributed by atoms with Gasteiger partial charge in [0.05, 0.1) is 12.7 Å². The zero-order valence-corrected chi connectivity index (χ0v) is 37.0. The van der Waals surface area contributed by atoms with Crippen molar-refractivity contribution >= 4 is 19.8 Å². The molecule has 14 nitrogen and oxygen atoms in total. The maximum Gasteiger partial charge on any atom is 0.472 e. The zero-order valence-electron chi connectivity index (χ0n) is 36.1. The van der Waals surface area contributed by atoms with Crippen molar-refractivity contribution < 1.29 is 68.2 Å². The molecule has 0 aromatic rings. The van der Waals surface area contributed by atoms with Gasteiger partial charge in [0, 0.05) is 12.8 Å². The van der Waals surface area contributed by atoms with Crippen molar-refractivity contribution in [3.05, 3.63) is 60.8 Å². The Labute approximate surface area is 358 Å². The topological polar surface area (TPSA) is 230 Å². The Morgan fingerprint density at radius 3 is 1.75 bits per heavy atom. The third-order valence-electron chi connectivity index (χ3n) is 9.92. The van der Waals surface area contributed by atoms with Gasteiger partial charge in [0.15, 0.2) is 6.10 Å². The van der Waals surface area contributed by atoms with Crippen molar-refractivity contribution in [1.82, 2.24) is 0 Å². The van der Waals surface area contributed by atoms with Crippen molar-refractivity contribution in [2.45, 2.75) is 198 Å². The number of phosphoric ester groups is 1. The average molecular weight is 873 g/mol. The van der Waals surface area contributed by atoms with E-state index in [2.05, 4.69) is 31.2 Å². The first-order valence-corrected chi connectivity index (χ1v) is 23.7. The third-order valence-corrected chi connectivity index (χ3v) is 10.9. The predicted molar refractivity (Wildman–Crippen MR) is 232 cm³/mol. The number of carbonyl (C=O) groups excluding carboxylic acids is 2. The standard InChI is InChI=1S/C45H77O14P/c1-3-5-7-8-9-10-11-12-13-14-15-18-21-24-28-32-38(47)56-34-37(35-57-60(54,55)59-45-43(52)41(50)40(49)42(51)44(45)53)58-39(48)33-29-25-22-19-16-17-20-23-27-31-36(46)30-26-6-4-2/h6,9-10,12-13,20,23,26-27,31,36-37,40-46,49-53H,3-5,7-8,11,14-19,21-22,24-25,28-30,32-35H2,1-2H3,(H,54,55)/b10-9-,13-12-,23-20+,26-6+,31-27+/t36?,37-,40?,41-,42+,43-,44-,45?/m1/s1. The highest BCUT2D eigenvalue weighted by molar-refractivity contribution is 7.47. The molecule has 1 aliphatic carbocycles. The maximum atomic E-state index is 12.8. The lowest BCUT2D eigenvalue weighted by Gasteiger charge is -2.41. The molecule has 1 aliphatic rings. The highest BCUT2D eigenvalue weighted by Gasteiger charge is 2.51. The molecule has 0 bridgehead atoms. The van der Waals surface area contributed by atoms with Crippen LogP contribution in [0.2, 0.25) is 0 Å². The van der Waals surface area contributed by atoms with E-state index in [4.69, 9.17) is 18.5 Å². The highest BCUT2D eigenvalue weighted by atomic mass is 31.2. The van der Waals surface area contributed by atoms with E-state index >= 15 is 0 Å². The van der Waals surface area contributed by atoms with E-state index in [0.717, 1.165) is 83.5 Å². The third kappa shape index (κ3) is 27.5. The summed E-state index contributed by atoms with van der Waals surface area (Å²) in [7, 11) is -5.14. The smallest absolute Gasteiger partial charge is 0.462 e. The van der Waals surface area contributed by atoms with Crippen LogP contribution in [0.3, 0.4) is 0 Å². The number of aliphatic hydroxyl groups excluding tert-OH is 6. The van der Waals surface area contributed by atoms with Crippen LogP contribution in [0.4, 0.5) is 0 Å². The number of ether oxygens (including phenoxy) is 2. The number of esters is 2. The van der Waals surface area contributed by atoms with Crippen LogP contribution >= 0.6 is 7.82 Å². The quantitative estimate of drug-likeness (QED) is 0.0110. The van der Waals surface area contributed by atoms with Gasteiger partial charge in [-0.1, -0.05) is 126 Å². The number of hydrogen-bond acceptors (Lipinski definition) is 13. The summed E-state index contributed by atoms with van der Waals surface area (Å²) in [5, 5.41) is 60.0. The molecule has 346 valence electrons. The molecule has 1 rings (SSSR count). The van der Waals surface area contributed by atoms with Crippen LogP contribution in [-0.4, -0.2) is 110 Å². The molecule has 7 N–H and O–H groups in total. The van der Waals surface area contributed by atoms with Crippen LogP contribution in [0.15, 0.2) is 60.8 Å². The summed E-state index contributed by atoms with van der Waals surface area (Å²) in [6.45, 7) is 3.01. The number of aliphatic hydroxyl groups is 6. The number of unbranched alkanes of at least 4 members (excludes halogenated alkanes) is 13. The van der Waals surface area contributed by atoms with Gasteiger partial charge in [-0.25, -0.2) is 4.57 Å². The molecule has 0 saturated heterocycles. The van der Waals surface area contributed by atoms with Crippen LogP contribution in [0, 0.1) is 0 Å². The van der Waals surface area contributed by atoms with Gasteiger partial charge in [-0.15, -0.1) is 0 Å². The summed E-state index contributed by atoms with van der Waals surface area (Å²) >= 11 is 0. The van der Waals surface area contributed by atoms with Gasteiger partial charge in [0.25, 0.3) is 0 Å². The number of phosphoric acid groups is 1. The lowest BCUT2D eigenvalue weighted by Crippen LogP contribution is -2.64. The fraction of sp³-hybridized carbons (Fsp3) is 0.733. The molecule has 0 amide bonds. The Kier molecular flexibility index (Phi) is 32.4. The van der Waals surface area contributed by atoms with Crippen LogP contribution in [-0.2, 0) is 32.7 Å². The van der Waals surface area contributed by atoms with Gasteiger partial charge in [0.1, 0.15) is 43.2 Å². The molecule has 0 aliphatic heterocycles. The Morgan fingerprint density at radius 1 is 0.617 bits per heavy atom. The summed E-state index contributed by atoms with van der Waals surface area (Å²) in [6.07, 6.45) is 24.6. The minimum atomic E-state index is -5.14. The van der Waals surface area contributed by atoms with Gasteiger partial charge >= 0.3 is 19.8 Å². The molecular formula is C45H77O14P. The first kappa shape index (κ1) is 55.5. The number of rotatable bonds is 35. The minimum absolute atomic E-state index is 0.0444. The van der Waals surface area contributed by atoms with E-state index in [-0.39, 0.29) is 12.8 Å². The van der Waals surface area contributed by atoms with E-state index in [9.17, 15) is 49.7 Å². The maximum absolute atomic E-state index is 12.8. The van der Waals surface area contributed by atoms with Crippen molar-refractivity contribution in [3.8, 4) is 0 Å². The summed E-state index contributed by atoms with van der Waals surface area (Å²) < 4.78 is 33.4. The number of carbonyl (C=O) groups is 2. The number of hydrogen-bond donors (Lipinski definition) is 7. The van der Waals surface area contributed by atoms with E-state index < -0.39 is 81.8 Å². The SMILES string of the molecule is CC/C=C/CC(O)/C=C/C=C/CCCCCCCC(=O)O[C@H](COC(=O)CCCCCCC/C=C\C/C=C\CCCCC)COP(=O)(O)OC1[C@H](O)[C@H](O)C(O)[C@H](O)[C@H]1O. The van der Waals surface area contributed by atoms with E-state index in [1.807, 2.05) is 37.3 Å². The van der Waals surface area contributed by atoms with E-state index in [1.54, 1.807) is 6.08 Å². The van der Waals surface area contributed by atoms with Crippen molar-refractivity contribution in [2.75, 3.05) is 13.2 Å². The molecule has 60 heavy (non-hydrogen) atoms. The first-order chi connectivity index (χ1) is 28.8. The second-order valence-corrected chi connectivity index (χ2v) is 16.8. The Bertz CT molecular complexity index is 1300. The van der Waals surface area contributed by atoms with Crippen molar-refractivity contribution in [3.63, 3.8) is 0 Å². The van der Waals surface area contributed by atoms with Crippen molar-refractivity contribution in [2.24, 2.45) is 0 Å². The van der Waals surface area contributed by atoms with Crippen molar-refractivity contribution in [1.29, 1.82) is 0 Å². The molecule has 0 radical (unpaired) electrons. The molecular weight excluding hydrogens is 795 g/mol. The molecule has 1 fully saturated rings. The average Bonchev–Trinajstić information content (AvgIpc) is 3.22. The first-order valence-electron chi connectivity index (χ1n) is 22.2. The van der Waals surface area contributed by atoms with Crippen LogP contribution in [0.25, 0.3) is 0 Å². The summed E-state index contributed by atoms with van der Waals surface area (Å²) in [5.74, 6) is -1.18. The Hall–Kier alpha value is -2.49. The monoisotopic (exact) mass is 873 g/mol. The lowest BCUT2D eigenvalue weighted by molar-refractivity contribution is -0.220. The zero-order chi connectivity index (χ0) is 44.4. The molecule has 0 aromatic carbocycles. The normalized spacial score (nSPS) is 23.3. The summed E-state index contributed by atoms with van der Waals surface area (Å²) in [4.78, 5) is 35.6. The van der Waals surface area contributed by atoms with Crippen LogP contribution in [0.1, 0.15) is 149 Å². The summed E-state index contributed by atoms with van der Waals surface area (Å²) in [5.41, 5.74) is 0. The minimum Gasteiger partial charge on any atom is -0.462 e. The van der Waals surface area contributed by atoms with Gasteiger partial charge in [-0.2, -0.15) is 0 Å². The largest absolute Gasteiger partial charge is 0.472 e. The molecule has 9 atom stereocenters. The van der Waals surface area contributed by atoms with E-state index in [0.29, 0.717) is 19.3 Å². The summed E-state index contributed by atoms with van der Waals surface area (Å²) in [6, 6.07) is 0. The lowest BCUT2D eigenvalue weighted by atomic mass is 9.85. The van der Waals surface area contributed by atoms with Crippen LogP contribution < -0.4 is 0 Å². The predicted octanol–water partition coefficient (Wildman–Crippen LogP) is 7.14. The number of allylic oxidation sites excluding steroid dienone is 8. The second-order valence-electron chi connectivity index (χ2n) is 15.4. The highest BCUT2D eigenvalue weighted by Crippen LogP contribution is 2.47. The molecule has 4 unspecified atom stereocenters. The fourth-order valence-corrected chi connectivity index (χ4v) is 7.27. The molecule has 0 spiro atoms. The molecule has 0 heterocycles. The van der Waals surface area contributed by atoms with E-state index in [1.165, 1.54) is 19.3 Å². The molecule has 0 aromatic heterocycles. The fourth-order valence-electron chi connectivity index (χ4n) is 6.29. The molecule has 1 saturated carbocycles. The Morgan fingerprint density at radius 2 is 1.15 bits per heavy atom. The Balaban J connectivity index is 2.53. The van der Waals surface area contributed by atoms with Gasteiger partial charge < -0.3 is 45.0 Å². The molecule has 15 heteroatoms. The second kappa shape index (κ2) is 35.0. The van der Waals surface area contributed by atoms with Gasteiger partial charge in [-0.3, -0.25) is 18.6 Å². The van der Waals surface area contributed by atoms with Gasteiger partial charge in [-0.05, 0) is 70.6 Å². The van der Waals surface area contributed by atoms with Gasteiger partial charge in [0.2, 0.25) is 0 Å². The van der Waals surface area contributed by atoms with Crippen LogP contribution in [0.5, 0.6) is 0 Å².